The lowest BCUT2D eigenvalue weighted by Crippen LogP contribution is -2.17. The van der Waals surface area contributed by atoms with Gasteiger partial charge >= 0.3 is 0 Å². The standard InChI is InChI=1S/C80H44N6O2/c81-45-63-64(46-82)78(86-68-32-16-10-26-54(68)60-42-62-56-28-12-18-34-74(56)88-76(62)44-72(60)86)80(84-66-30-14-8-24-52(66)58-40-50(36-38-70(58)84)48-21-5-2-6-22-48)79(83-65-29-13-7-23-51(65)57-39-49(35-37-69(57)83)47-19-3-1-4-20-47)77(63)85-67-31-15-9-25-53(67)59-41-61-55-27-11-17-33-73(55)87-75(61)43-71(59)85/h1-44H. The van der Waals surface area contributed by atoms with Crippen molar-refractivity contribution in [2.24, 2.45) is 0 Å². The van der Waals surface area contributed by atoms with Crippen LogP contribution in [0.5, 0.6) is 0 Å². The first-order valence-electron chi connectivity index (χ1n) is 29.5. The molecule has 0 spiro atoms. The summed E-state index contributed by atoms with van der Waals surface area (Å²) in [6.07, 6.45) is 0. The molecule has 0 radical (unpaired) electrons. The summed E-state index contributed by atoms with van der Waals surface area (Å²) in [4.78, 5) is 0. The number of furan rings is 2. The minimum absolute atomic E-state index is 0.207. The van der Waals surface area contributed by atoms with E-state index in [2.05, 4.69) is 249 Å². The number of hydrogen-bond donors (Lipinski definition) is 0. The number of para-hydroxylation sites is 6. The lowest BCUT2D eigenvalue weighted by atomic mass is 9.98. The van der Waals surface area contributed by atoms with Gasteiger partial charge in [0.1, 0.15) is 34.5 Å². The molecular weight excluding hydrogens is 1080 g/mol. The van der Waals surface area contributed by atoms with E-state index in [0.717, 1.165) is 142 Å². The molecule has 19 rings (SSSR count). The number of fused-ring (bicyclic) bond motifs is 18. The summed E-state index contributed by atoms with van der Waals surface area (Å²) < 4.78 is 22.8. The Morgan fingerprint density at radius 3 is 0.898 bits per heavy atom. The highest BCUT2D eigenvalue weighted by atomic mass is 16.3. The normalized spacial score (nSPS) is 12.1. The average Bonchev–Trinajstić information content (AvgIpc) is 1.67. The fourth-order valence-corrected chi connectivity index (χ4v) is 14.7. The zero-order chi connectivity index (χ0) is 57.9. The van der Waals surface area contributed by atoms with Gasteiger partial charge in [0.2, 0.25) is 0 Å². The Morgan fingerprint density at radius 2 is 0.523 bits per heavy atom. The Bertz CT molecular complexity index is 5940. The second-order valence-corrected chi connectivity index (χ2v) is 22.9. The van der Waals surface area contributed by atoms with Crippen LogP contribution in [0.3, 0.4) is 0 Å². The first-order valence-corrected chi connectivity index (χ1v) is 29.5. The molecule has 0 aliphatic heterocycles. The molecule has 8 heteroatoms. The summed E-state index contributed by atoms with van der Waals surface area (Å²) in [6, 6.07) is 99.3. The second kappa shape index (κ2) is 18.1. The van der Waals surface area contributed by atoms with Gasteiger partial charge in [-0.25, -0.2) is 0 Å². The zero-order valence-electron chi connectivity index (χ0n) is 46.9. The summed E-state index contributed by atoms with van der Waals surface area (Å²) in [5.41, 5.74) is 17.3. The van der Waals surface area contributed by atoms with Crippen LogP contribution in [0.25, 0.3) is 176 Å². The van der Waals surface area contributed by atoms with Gasteiger partial charge < -0.3 is 27.1 Å². The van der Waals surface area contributed by atoms with E-state index in [1.165, 1.54) is 0 Å². The van der Waals surface area contributed by atoms with E-state index in [-0.39, 0.29) is 11.1 Å². The largest absolute Gasteiger partial charge is 0.456 e. The quantitative estimate of drug-likeness (QED) is 0.166. The molecule has 0 amide bonds. The van der Waals surface area contributed by atoms with Crippen LogP contribution in [-0.4, -0.2) is 18.3 Å². The van der Waals surface area contributed by atoms with Crippen molar-refractivity contribution in [3.05, 3.63) is 278 Å². The molecule has 8 nitrogen and oxygen atoms in total. The number of rotatable bonds is 6. The van der Waals surface area contributed by atoms with Crippen molar-refractivity contribution >= 4 is 131 Å². The molecule has 0 aliphatic rings. The Balaban J connectivity index is 1.09. The van der Waals surface area contributed by atoms with Gasteiger partial charge in [0, 0.05) is 76.8 Å². The molecule has 19 aromatic rings. The first kappa shape index (κ1) is 48.1. The Kier molecular flexibility index (Phi) is 9.87. The maximum Gasteiger partial charge on any atom is 0.137 e. The number of nitrogens with zero attached hydrogens (tertiary/aromatic N) is 6. The van der Waals surface area contributed by atoms with Crippen LogP contribution in [0.4, 0.5) is 0 Å². The SMILES string of the molecule is N#Cc1c(C#N)c(-n2c3ccccc3c3cc4c(cc32)oc2ccccc24)c(-n2c3ccccc3c3cc(-c4ccccc4)ccc32)c(-n2c3ccccc3c3cc(-c4ccccc4)ccc32)c1-n1c2ccccc2c2cc3c(cc21)oc1ccccc13. The predicted octanol–water partition coefficient (Wildman–Crippen LogP) is 21.0. The van der Waals surface area contributed by atoms with Crippen molar-refractivity contribution < 1.29 is 8.83 Å². The van der Waals surface area contributed by atoms with Gasteiger partial charge in [-0.3, -0.25) is 0 Å². The van der Waals surface area contributed by atoms with Crippen molar-refractivity contribution in [3.63, 3.8) is 0 Å². The number of hydrogen-bond acceptors (Lipinski definition) is 4. The van der Waals surface area contributed by atoms with Gasteiger partial charge in [-0.1, -0.05) is 182 Å². The molecule has 6 heterocycles. The monoisotopic (exact) mass is 1120 g/mol. The van der Waals surface area contributed by atoms with Crippen LogP contribution in [0.15, 0.2) is 276 Å². The van der Waals surface area contributed by atoms with Gasteiger partial charge in [-0.2, -0.15) is 10.5 Å². The molecule has 0 atom stereocenters. The molecule has 88 heavy (non-hydrogen) atoms. The molecular formula is C80H44N6O2. The van der Waals surface area contributed by atoms with Crippen LogP contribution in [0.1, 0.15) is 11.1 Å². The Hall–Kier alpha value is -12.4. The van der Waals surface area contributed by atoms with Crippen molar-refractivity contribution in [3.8, 4) is 57.1 Å². The maximum absolute atomic E-state index is 12.7. The van der Waals surface area contributed by atoms with E-state index in [9.17, 15) is 10.5 Å². The van der Waals surface area contributed by atoms with Crippen molar-refractivity contribution in [1.82, 2.24) is 18.3 Å². The van der Waals surface area contributed by atoms with Crippen molar-refractivity contribution in [1.29, 1.82) is 10.5 Å². The summed E-state index contributed by atoms with van der Waals surface area (Å²) in [5, 5.41) is 37.4. The van der Waals surface area contributed by atoms with Gasteiger partial charge in [0.05, 0.1) is 78.0 Å². The molecule has 6 aromatic heterocycles. The van der Waals surface area contributed by atoms with E-state index in [1.54, 1.807) is 0 Å². The zero-order valence-corrected chi connectivity index (χ0v) is 46.9. The first-order chi connectivity index (χ1) is 43.6. The minimum atomic E-state index is 0.207. The molecule has 0 saturated heterocycles. The number of nitriles is 2. The molecule has 0 unspecified atom stereocenters. The van der Waals surface area contributed by atoms with E-state index >= 15 is 0 Å². The van der Waals surface area contributed by atoms with Crippen LogP contribution in [-0.2, 0) is 0 Å². The minimum Gasteiger partial charge on any atom is -0.456 e. The van der Waals surface area contributed by atoms with Crippen LogP contribution >= 0.6 is 0 Å². The fraction of sp³-hybridized carbons (Fsp3) is 0. The fourth-order valence-electron chi connectivity index (χ4n) is 14.7. The summed E-state index contributed by atoms with van der Waals surface area (Å²) in [6.45, 7) is 0. The van der Waals surface area contributed by atoms with Gasteiger partial charge in [-0.15, -0.1) is 0 Å². The lowest BCUT2D eigenvalue weighted by Gasteiger charge is -2.27. The van der Waals surface area contributed by atoms with E-state index in [0.29, 0.717) is 33.9 Å². The third kappa shape index (κ3) is 6.55. The number of aromatic nitrogens is 4. The van der Waals surface area contributed by atoms with Gasteiger partial charge in [-0.05, 0) is 95.1 Å². The molecule has 406 valence electrons. The Morgan fingerprint density at radius 1 is 0.216 bits per heavy atom. The molecule has 0 bridgehead atoms. The van der Waals surface area contributed by atoms with Gasteiger partial charge in [0.25, 0.3) is 0 Å². The van der Waals surface area contributed by atoms with Crippen molar-refractivity contribution in [2.45, 2.75) is 0 Å². The average molecular weight is 1120 g/mol. The Labute approximate surface area is 501 Å². The third-order valence-corrected chi connectivity index (χ3v) is 18.4. The molecule has 0 saturated carbocycles. The van der Waals surface area contributed by atoms with E-state index in [4.69, 9.17) is 8.83 Å². The van der Waals surface area contributed by atoms with Crippen LogP contribution in [0, 0.1) is 22.7 Å². The molecule has 0 N–H and O–H groups in total. The highest BCUT2D eigenvalue weighted by Gasteiger charge is 2.35. The second-order valence-electron chi connectivity index (χ2n) is 22.9. The van der Waals surface area contributed by atoms with Crippen LogP contribution < -0.4 is 0 Å². The topological polar surface area (TPSA) is 93.6 Å². The lowest BCUT2D eigenvalue weighted by molar-refractivity contribution is 0.669. The predicted molar refractivity (Wildman–Crippen MR) is 359 cm³/mol. The number of benzene rings is 13. The smallest absolute Gasteiger partial charge is 0.137 e. The third-order valence-electron chi connectivity index (χ3n) is 18.4. The summed E-state index contributed by atoms with van der Waals surface area (Å²) >= 11 is 0. The summed E-state index contributed by atoms with van der Waals surface area (Å²) in [7, 11) is 0. The van der Waals surface area contributed by atoms with E-state index < -0.39 is 0 Å². The van der Waals surface area contributed by atoms with E-state index in [1.807, 2.05) is 48.5 Å². The van der Waals surface area contributed by atoms with Crippen LogP contribution in [0.2, 0.25) is 0 Å². The molecule has 0 fully saturated rings. The molecule has 13 aromatic carbocycles. The van der Waals surface area contributed by atoms with Crippen molar-refractivity contribution in [2.75, 3.05) is 0 Å². The van der Waals surface area contributed by atoms with Gasteiger partial charge in [0.15, 0.2) is 0 Å². The highest BCUT2D eigenvalue weighted by molar-refractivity contribution is 6.21. The highest BCUT2D eigenvalue weighted by Crippen LogP contribution is 2.51. The summed E-state index contributed by atoms with van der Waals surface area (Å²) in [5.74, 6) is 0. The maximum atomic E-state index is 12.7. The molecule has 0 aliphatic carbocycles.